The highest BCUT2D eigenvalue weighted by Crippen LogP contribution is 2.39. The van der Waals surface area contributed by atoms with E-state index >= 15 is 0 Å². The van der Waals surface area contributed by atoms with Crippen LogP contribution < -0.4 is 0 Å². The first-order valence-electron chi connectivity index (χ1n) is 6.62. The largest absolute Gasteiger partial charge is 0.480 e. The van der Waals surface area contributed by atoms with Gasteiger partial charge in [-0.15, -0.1) is 11.8 Å². The monoisotopic (exact) mass is 274 g/mol. The number of hydrogen-bond acceptors (Lipinski definition) is 4. The van der Waals surface area contributed by atoms with E-state index in [4.69, 9.17) is 9.47 Å². The van der Waals surface area contributed by atoms with Crippen molar-refractivity contribution in [1.29, 1.82) is 0 Å². The van der Waals surface area contributed by atoms with E-state index in [-0.39, 0.29) is 16.8 Å². The zero-order valence-electron chi connectivity index (χ0n) is 11.1. The molecule has 18 heavy (non-hydrogen) atoms. The fourth-order valence-corrected chi connectivity index (χ4v) is 4.15. The molecular weight excluding hydrogens is 252 g/mol. The number of rotatable bonds is 4. The molecule has 2 saturated heterocycles. The summed E-state index contributed by atoms with van der Waals surface area (Å²) in [5.74, 6) is -0.538. The highest BCUT2D eigenvalue weighted by atomic mass is 32.2. The highest BCUT2D eigenvalue weighted by Gasteiger charge is 2.42. The second kappa shape index (κ2) is 5.80. The zero-order valence-corrected chi connectivity index (χ0v) is 11.9. The van der Waals surface area contributed by atoms with E-state index in [1.165, 1.54) is 0 Å². The number of aliphatic carboxylic acids is 1. The fraction of sp³-hybridized carbons (Fsp3) is 0.923. The normalized spacial score (nSPS) is 34.1. The maximum absolute atomic E-state index is 11.3. The van der Waals surface area contributed by atoms with E-state index in [0.29, 0.717) is 11.9 Å². The quantitative estimate of drug-likeness (QED) is 0.851. The molecule has 0 bridgehead atoms. The molecule has 0 aromatic heterocycles. The number of carboxylic acids is 1. The average Bonchev–Trinajstić information content (AvgIpc) is 2.73. The first kappa shape index (κ1) is 14.2. The average molecular weight is 274 g/mol. The Morgan fingerprint density at radius 3 is 2.78 bits per heavy atom. The zero-order chi connectivity index (χ0) is 13.2. The Balaban J connectivity index is 1.94. The summed E-state index contributed by atoms with van der Waals surface area (Å²) in [4.78, 5) is 11.3. The molecule has 5 heteroatoms. The molecule has 0 aromatic carbocycles. The van der Waals surface area contributed by atoms with Crippen molar-refractivity contribution in [3.8, 4) is 0 Å². The predicted octanol–water partition coefficient (Wildman–Crippen LogP) is 2.17. The summed E-state index contributed by atoms with van der Waals surface area (Å²) in [5, 5.41) is 9.32. The summed E-state index contributed by atoms with van der Waals surface area (Å²) < 4.78 is 11.3. The number of carbonyl (C=O) groups is 1. The first-order chi connectivity index (χ1) is 8.52. The van der Waals surface area contributed by atoms with E-state index in [1.807, 2.05) is 13.8 Å². The van der Waals surface area contributed by atoms with Gasteiger partial charge >= 0.3 is 5.97 Å². The molecular formula is C13H22O4S. The molecule has 3 atom stereocenters. The lowest BCUT2D eigenvalue weighted by Crippen LogP contribution is -2.42. The smallest absolute Gasteiger partial charge is 0.316 e. The van der Waals surface area contributed by atoms with Crippen LogP contribution in [0.2, 0.25) is 0 Å². The van der Waals surface area contributed by atoms with Crippen LogP contribution in [-0.4, -0.2) is 47.0 Å². The molecule has 2 aliphatic heterocycles. The molecule has 4 nitrogen and oxygen atoms in total. The summed E-state index contributed by atoms with van der Waals surface area (Å²) in [6, 6.07) is 0. The van der Waals surface area contributed by atoms with Gasteiger partial charge in [0.1, 0.15) is 5.25 Å². The summed E-state index contributed by atoms with van der Waals surface area (Å²) >= 11 is 1.61. The second-order valence-electron chi connectivity index (χ2n) is 5.59. The van der Waals surface area contributed by atoms with Crippen LogP contribution in [-0.2, 0) is 14.3 Å². The highest BCUT2D eigenvalue weighted by molar-refractivity contribution is 8.01. The third-order valence-electron chi connectivity index (χ3n) is 3.70. The Morgan fingerprint density at radius 2 is 2.22 bits per heavy atom. The lowest BCUT2D eigenvalue weighted by atomic mass is 9.93. The van der Waals surface area contributed by atoms with Crippen molar-refractivity contribution >= 4 is 17.7 Å². The van der Waals surface area contributed by atoms with Crippen LogP contribution in [0.5, 0.6) is 0 Å². The summed E-state index contributed by atoms with van der Waals surface area (Å²) in [7, 11) is 0. The third kappa shape index (κ3) is 3.19. The van der Waals surface area contributed by atoms with Gasteiger partial charge in [0.25, 0.3) is 0 Å². The van der Waals surface area contributed by atoms with E-state index in [1.54, 1.807) is 11.8 Å². The number of ether oxygens (including phenoxy) is 2. The van der Waals surface area contributed by atoms with Crippen LogP contribution in [0.3, 0.4) is 0 Å². The van der Waals surface area contributed by atoms with Gasteiger partial charge in [-0.2, -0.15) is 0 Å². The van der Waals surface area contributed by atoms with Gasteiger partial charge in [-0.1, -0.05) is 13.8 Å². The second-order valence-corrected chi connectivity index (χ2v) is 7.03. The van der Waals surface area contributed by atoms with Gasteiger partial charge in [0, 0.05) is 24.9 Å². The van der Waals surface area contributed by atoms with Gasteiger partial charge in [-0.05, 0) is 18.8 Å². The molecule has 2 aliphatic rings. The van der Waals surface area contributed by atoms with Crippen molar-refractivity contribution in [2.45, 2.75) is 49.2 Å². The first-order valence-corrected chi connectivity index (χ1v) is 7.57. The molecule has 0 amide bonds. The Hall–Kier alpha value is -0.260. The Kier molecular flexibility index (Phi) is 4.56. The van der Waals surface area contributed by atoms with Crippen molar-refractivity contribution in [2.24, 2.45) is 5.92 Å². The summed E-state index contributed by atoms with van der Waals surface area (Å²) in [6.45, 7) is 6.11. The van der Waals surface area contributed by atoms with Crippen molar-refractivity contribution < 1.29 is 19.4 Å². The van der Waals surface area contributed by atoms with Crippen LogP contribution in [0.25, 0.3) is 0 Å². The molecule has 3 unspecified atom stereocenters. The van der Waals surface area contributed by atoms with Crippen LogP contribution in [0, 0.1) is 5.92 Å². The van der Waals surface area contributed by atoms with Gasteiger partial charge < -0.3 is 14.6 Å². The maximum Gasteiger partial charge on any atom is 0.316 e. The Labute approximate surface area is 112 Å². The minimum atomic E-state index is -0.696. The summed E-state index contributed by atoms with van der Waals surface area (Å²) in [6.07, 6.45) is 2.82. The summed E-state index contributed by atoms with van der Waals surface area (Å²) in [5.41, 5.74) is -0.129. The Morgan fingerprint density at radius 1 is 1.44 bits per heavy atom. The van der Waals surface area contributed by atoms with E-state index in [0.717, 1.165) is 32.5 Å². The van der Waals surface area contributed by atoms with Gasteiger partial charge in [0.2, 0.25) is 0 Å². The number of thioether (sulfide) groups is 1. The van der Waals surface area contributed by atoms with E-state index in [2.05, 4.69) is 0 Å². The minimum absolute atomic E-state index is 0.129. The third-order valence-corrected chi connectivity index (χ3v) is 5.53. The molecule has 2 heterocycles. The standard InChI is InChI=1S/C13H22O4S/c1-9(2)11(12(14)15)18-10-3-5-17-13(7-10)4-6-16-8-13/h9-11H,3-8H2,1-2H3,(H,14,15). The lowest BCUT2D eigenvalue weighted by molar-refractivity contribution is -0.137. The van der Waals surface area contributed by atoms with Crippen molar-refractivity contribution in [1.82, 2.24) is 0 Å². The maximum atomic E-state index is 11.3. The molecule has 104 valence electrons. The van der Waals surface area contributed by atoms with Crippen molar-refractivity contribution in [2.75, 3.05) is 19.8 Å². The number of carboxylic acid groups (broad SMARTS) is 1. The van der Waals surface area contributed by atoms with Gasteiger partial charge in [-0.3, -0.25) is 4.79 Å². The minimum Gasteiger partial charge on any atom is -0.480 e. The Bertz CT molecular complexity index is 299. The fourth-order valence-electron chi connectivity index (χ4n) is 2.67. The molecule has 1 N–H and O–H groups in total. The van der Waals surface area contributed by atoms with E-state index < -0.39 is 5.97 Å². The van der Waals surface area contributed by atoms with E-state index in [9.17, 15) is 9.90 Å². The van der Waals surface area contributed by atoms with Crippen LogP contribution in [0.15, 0.2) is 0 Å². The topological polar surface area (TPSA) is 55.8 Å². The predicted molar refractivity (Wildman–Crippen MR) is 71.0 cm³/mol. The van der Waals surface area contributed by atoms with Gasteiger partial charge in [0.15, 0.2) is 0 Å². The van der Waals surface area contributed by atoms with Gasteiger partial charge in [0.05, 0.1) is 12.2 Å². The van der Waals surface area contributed by atoms with Crippen LogP contribution in [0.4, 0.5) is 0 Å². The molecule has 2 fully saturated rings. The van der Waals surface area contributed by atoms with Gasteiger partial charge in [-0.25, -0.2) is 0 Å². The van der Waals surface area contributed by atoms with Crippen LogP contribution >= 0.6 is 11.8 Å². The number of hydrogen-bond donors (Lipinski definition) is 1. The SMILES string of the molecule is CC(C)C(SC1CCOC2(CCOC2)C1)C(=O)O. The lowest BCUT2D eigenvalue weighted by Gasteiger charge is -2.37. The van der Waals surface area contributed by atoms with Crippen LogP contribution in [0.1, 0.15) is 33.1 Å². The molecule has 2 rings (SSSR count). The molecule has 0 saturated carbocycles. The molecule has 1 spiro atoms. The van der Waals surface area contributed by atoms with Crippen molar-refractivity contribution in [3.63, 3.8) is 0 Å². The molecule has 0 aliphatic carbocycles. The van der Waals surface area contributed by atoms with Crippen molar-refractivity contribution in [3.05, 3.63) is 0 Å². The molecule has 0 aromatic rings. The molecule has 0 radical (unpaired) electrons.